The van der Waals surface area contributed by atoms with Crippen LogP contribution in [0, 0.1) is 0 Å². The van der Waals surface area contributed by atoms with Gasteiger partial charge in [-0.2, -0.15) is 0 Å². The van der Waals surface area contributed by atoms with Gasteiger partial charge in [-0.05, 0) is 18.1 Å². The maximum Gasteiger partial charge on any atom is 0.236 e. The van der Waals surface area contributed by atoms with Gasteiger partial charge in [0.25, 0.3) is 0 Å². The summed E-state index contributed by atoms with van der Waals surface area (Å²) in [5.74, 6) is 0.173. The molecule has 1 saturated heterocycles. The molecule has 1 fully saturated rings. The summed E-state index contributed by atoms with van der Waals surface area (Å²) in [6.45, 7) is 1.01. The van der Waals surface area contributed by atoms with Gasteiger partial charge < -0.3 is 10.0 Å². The van der Waals surface area contributed by atoms with E-state index in [4.69, 9.17) is 0 Å². The number of carbonyl (C=O) groups is 1. The molecule has 1 amide bonds. The lowest BCUT2D eigenvalue weighted by Gasteiger charge is -2.37. The standard InChI is InChI=1S/C12H13NO2S/c14-9-6-13(7-9)12(15)11-5-8-3-1-2-4-10(8)16-11/h1-4,9,11,14H,5-7H2. The molecule has 0 radical (unpaired) electrons. The molecule has 1 atom stereocenters. The van der Waals surface area contributed by atoms with E-state index in [1.54, 1.807) is 16.7 Å². The van der Waals surface area contributed by atoms with Crippen LogP contribution in [-0.2, 0) is 11.2 Å². The maximum absolute atomic E-state index is 12.0. The van der Waals surface area contributed by atoms with Gasteiger partial charge in [-0.25, -0.2) is 0 Å². The molecular formula is C12H13NO2S. The summed E-state index contributed by atoms with van der Waals surface area (Å²) in [4.78, 5) is 15.0. The van der Waals surface area contributed by atoms with Gasteiger partial charge in [0, 0.05) is 18.0 Å². The van der Waals surface area contributed by atoms with Crippen LogP contribution < -0.4 is 0 Å². The molecule has 84 valence electrons. The van der Waals surface area contributed by atoms with Crippen molar-refractivity contribution in [3.05, 3.63) is 29.8 Å². The summed E-state index contributed by atoms with van der Waals surface area (Å²) >= 11 is 1.65. The Morgan fingerprint density at radius 2 is 2.12 bits per heavy atom. The molecule has 0 saturated carbocycles. The van der Waals surface area contributed by atoms with Crippen LogP contribution in [0.2, 0.25) is 0 Å². The first-order valence-electron chi connectivity index (χ1n) is 5.45. The van der Waals surface area contributed by atoms with E-state index in [2.05, 4.69) is 12.1 Å². The minimum absolute atomic E-state index is 0.0184. The number of nitrogens with zero attached hydrogens (tertiary/aromatic N) is 1. The number of amides is 1. The van der Waals surface area contributed by atoms with E-state index in [0.717, 1.165) is 6.42 Å². The van der Waals surface area contributed by atoms with Crippen LogP contribution in [0.25, 0.3) is 0 Å². The van der Waals surface area contributed by atoms with Crippen LogP contribution in [0.4, 0.5) is 0 Å². The SMILES string of the molecule is O=C(C1Cc2ccccc2S1)N1CC(O)C1. The fourth-order valence-electron chi connectivity index (χ4n) is 2.16. The van der Waals surface area contributed by atoms with Crippen molar-refractivity contribution in [1.82, 2.24) is 4.90 Å². The highest BCUT2D eigenvalue weighted by molar-refractivity contribution is 8.01. The van der Waals surface area contributed by atoms with E-state index in [-0.39, 0.29) is 17.3 Å². The Morgan fingerprint density at radius 1 is 1.38 bits per heavy atom. The minimum atomic E-state index is -0.308. The number of likely N-dealkylation sites (tertiary alicyclic amines) is 1. The van der Waals surface area contributed by atoms with Crippen LogP contribution in [0.3, 0.4) is 0 Å². The molecule has 2 aliphatic heterocycles. The normalized spacial score (nSPS) is 24.1. The zero-order valence-electron chi connectivity index (χ0n) is 8.80. The van der Waals surface area contributed by atoms with Crippen LogP contribution >= 0.6 is 11.8 Å². The highest BCUT2D eigenvalue weighted by atomic mass is 32.2. The Bertz CT molecular complexity index is 404. The smallest absolute Gasteiger partial charge is 0.236 e. The van der Waals surface area contributed by atoms with Crippen LogP contribution in [0.5, 0.6) is 0 Å². The van der Waals surface area contributed by atoms with Gasteiger partial charge in [-0.1, -0.05) is 18.2 Å². The Balaban J connectivity index is 1.69. The molecule has 16 heavy (non-hydrogen) atoms. The zero-order valence-corrected chi connectivity index (χ0v) is 9.61. The quantitative estimate of drug-likeness (QED) is 0.786. The van der Waals surface area contributed by atoms with E-state index in [1.807, 2.05) is 12.1 Å². The Hall–Kier alpha value is -1.00. The lowest BCUT2D eigenvalue weighted by molar-refractivity contribution is -0.140. The molecule has 0 bridgehead atoms. The monoisotopic (exact) mass is 235 g/mol. The molecular weight excluding hydrogens is 222 g/mol. The summed E-state index contributed by atoms with van der Waals surface area (Å²) in [6.07, 6.45) is 0.518. The number of thioether (sulfide) groups is 1. The second-order valence-corrected chi connectivity index (χ2v) is 5.56. The van der Waals surface area contributed by atoms with Crippen molar-refractivity contribution < 1.29 is 9.90 Å². The molecule has 3 rings (SSSR count). The summed E-state index contributed by atoms with van der Waals surface area (Å²) in [7, 11) is 0. The summed E-state index contributed by atoms with van der Waals surface area (Å²) in [6, 6.07) is 8.17. The fourth-order valence-corrected chi connectivity index (χ4v) is 3.44. The fraction of sp³-hybridized carbons (Fsp3) is 0.417. The Morgan fingerprint density at radius 3 is 2.81 bits per heavy atom. The van der Waals surface area contributed by atoms with Gasteiger partial charge >= 0.3 is 0 Å². The van der Waals surface area contributed by atoms with Crippen molar-refractivity contribution in [2.24, 2.45) is 0 Å². The van der Waals surface area contributed by atoms with Crippen molar-refractivity contribution >= 4 is 17.7 Å². The second-order valence-electron chi connectivity index (χ2n) is 4.32. The predicted molar refractivity (Wildman–Crippen MR) is 62.4 cm³/mol. The molecule has 1 aromatic rings. The highest BCUT2D eigenvalue weighted by Gasteiger charge is 2.36. The number of carbonyl (C=O) groups excluding carboxylic acids is 1. The molecule has 0 spiro atoms. The molecule has 0 aliphatic carbocycles. The van der Waals surface area contributed by atoms with Crippen LogP contribution in [0.15, 0.2) is 29.2 Å². The van der Waals surface area contributed by atoms with Crippen LogP contribution in [0.1, 0.15) is 5.56 Å². The number of aliphatic hydroxyl groups is 1. The third kappa shape index (κ3) is 1.62. The molecule has 1 aromatic carbocycles. The van der Waals surface area contributed by atoms with Crippen molar-refractivity contribution in [2.45, 2.75) is 22.7 Å². The number of hydrogen-bond donors (Lipinski definition) is 1. The molecule has 4 heteroatoms. The summed E-state index contributed by atoms with van der Waals surface area (Å²) in [5.41, 5.74) is 1.27. The van der Waals surface area contributed by atoms with Crippen molar-refractivity contribution in [3.8, 4) is 0 Å². The Kier molecular flexibility index (Phi) is 2.41. The predicted octanol–water partition coefficient (Wildman–Crippen LogP) is 0.907. The van der Waals surface area contributed by atoms with Crippen molar-refractivity contribution in [3.63, 3.8) is 0 Å². The van der Waals surface area contributed by atoms with Gasteiger partial charge in [0.1, 0.15) is 0 Å². The average molecular weight is 235 g/mol. The average Bonchev–Trinajstić information content (AvgIpc) is 2.67. The van der Waals surface area contributed by atoms with Crippen molar-refractivity contribution in [1.29, 1.82) is 0 Å². The van der Waals surface area contributed by atoms with Gasteiger partial charge in [-0.15, -0.1) is 11.8 Å². The number of benzene rings is 1. The lowest BCUT2D eigenvalue weighted by Crippen LogP contribution is -2.55. The molecule has 2 aliphatic rings. The largest absolute Gasteiger partial charge is 0.389 e. The Labute approximate surface area is 98.4 Å². The first-order chi connectivity index (χ1) is 7.74. The third-order valence-electron chi connectivity index (χ3n) is 3.10. The molecule has 3 nitrogen and oxygen atoms in total. The minimum Gasteiger partial charge on any atom is -0.389 e. The molecule has 2 heterocycles. The molecule has 0 aromatic heterocycles. The third-order valence-corrected chi connectivity index (χ3v) is 4.40. The topological polar surface area (TPSA) is 40.5 Å². The van der Waals surface area contributed by atoms with Gasteiger partial charge in [0.15, 0.2) is 0 Å². The first-order valence-corrected chi connectivity index (χ1v) is 6.33. The number of fused-ring (bicyclic) bond motifs is 1. The zero-order chi connectivity index (χ0) is 11.1. The van der Waals surface area contributed by atoms with E-state index < -0.39 is 0 Å². The highest BCUT2D eigenvalue weighted by Crippen LogP contribution is 2.38. The number of rotatable bonds is 1. The first kappa shape index (κ1) is 10.2. The molecule has 1 unspecified atom stereocenters. The summed E-state index contributed by atoms with van der Waals surface area (Å²) in [5, 5.41) is 9.20. The number of β-amino-alcohol motifs (C(OH)–C–C–N with tert-alkyl or cyclic N) is 1. The van der Waals surface area contributed by atoms with E-state index in [1.165, 1.54) is 10.5 Å². The van der Waals surface area contributed by atoms with E-state index in [9.17, 15) is 9.90 Å². The number of hydrogen-bond acceptors (Lipinski definition) is 3. The second kappa shape index (κ2) is 3.79. The van der Waals surface area contributed by atoms with Gasteiger partial charge in [0.05, 0.1) is 11.4 Å². The van der Waals surface area contributed by atoms with Gasteiger partial charge in [0.2, 0.25) is 5.91 Å². The van der Waals surface area contributed by atoms with Crippen molar-refractivity contribution in [2.75, 3.05) is 13.1 Å². The number of aliphatic hydroxyl groups excluding tert-OH is 1. The maximum atomic E-state index is 12.0. The lowest BCUT2D eigenvalue weighted by atomic mass is 10.1. The van der Waals surface area contributed by atoms with Crippen LogP contribution in [-0.4, -0.2) is 40.4 Å². The summed E-state index contributed by atoms with van der Waals surface area (Å²) < 4.78 is 0. The molecule has 1 N–H and O–H groups in total. The van der Waals surface area contributed by atoms with E-state index in [0.29, 0.717) is 13.1 Å². The van der Waals surface area contributed by atoms with E-state index >= 15 is 0 Å². The van der Waals surface area contributed by atoms with Gasteiger partial charge in [-0.3, -0.25) is 4.79 Å².